The zero-order valence-electron chi connectivity index (χ0n) is 16.9. The van der Waals surface area contributed by atoms with Gasteiger partial charge in [0.05, 0.1) is 17.0 Å². The smallest absolute Gasteiger partial charge is 0.387 e. The average molecular weight is 435 g/mol. The molecule has 1 aromatic heterocycles. The van der Waals surface area contributed by atoms with Gasteiger partial charge in [0.25, 0.3) is 5.56 Å². The molecule has 30 heavy (non-hydrogen) atoms. The third-order valence-corrected chi connectivity index (χ3v) is 5.37. The summed E-state index contributed by atoms with van der Waals surface area (Å²) in [6, 6.07) is 13.7. The molecule has 5 nitrogen and oxygen atoms in total. The highest BCUT2D eigenvalue weighted by Gasteiger charge is 2.12. The van der Waals surface area contributed by atoms with E-state index in [1.54, 1.807) is 22.8 Å². The van der Waals surface area contributed by atoms with E-state index in [4.69, 9.17) is 4.74 Å². The zero-order valence-corrected chi connectivity index (χ0v) is 17.7. The standard InChI is InChI=1S/C22H24F2N2O3S/c1-15(2)28-13-5-12-26-20(27)18-6-3-4-7-19(18)25-22(26)30-14-16-8-10-17(11-9-16)29-21(23)24/h3-4,6-11,15,21H,5,12-14H2,1-2H3. The first-order valence-corrected chi connectivity index (χ1v) is 10.7. The summed E-state index contributed by atoms with van der Waals surface area (Å²) in [5.41, 5.74) is 1.49. The van der Waals surface area contributed by atoms with Crippen LogP contribution in [-0.4, -0.2) is 28.9 Å². The Hall–Kier alpha value is -2.45. The monoisotopic (exact) mass is 434 g/mol. The van der Waals surface area contributed by atoms with E-state index in [-0.39, 0.29) is 17.4 Å². The van der Waals surface area contributed by atoms with E-state index >= 15 is 0 Å². The molecule has 0 radical (unpaired) electrons. The Kier molecular flexibility index (Phi) is 7.81. The highest BCUT2D eigenvalue weighted by atomic mass is 32.2. The van der Waals surface area contributed by atoms with Gasteiger partial charge in [0, 0.05) is 18.9 Å². The molecule has 0 spiro atoms. The van der Waals surface area contributed by atoms with E-state index in [0.29, 0.717) is 41.4 Å². The molecule has 0 fully saturated rings. The Balaban J connectivity index is 1.78. The number of rotatable bonds is 10. The van der Waals surface area contributed by atoms with Crippen LogP contribution in [0.4, 0.5) is 8.78 Å². The normalized spacial score (nSPS) is 11.5. The van der Waals surface area contributed by atoms with Crippen LogP contribution in [0.15, 0.2) is 58.5 Å². The summed E-state index contributed by atoms with van der Waals surface area (Å²) in [5, 5.41) is 1.20. The first-order valence-electron chi connectivity index (χ1n) is 9.72. The van der Waals surface area contributed by atoms with Crippen LogP contribution in [0.3, 0.4) is 0 Å². The van der Waals surface area contributed by atoms with Crippen molar-refractivity contribution < 1.29 is 18.3 Å². The fraction of sp³-hybridized carbons (Fsp3) is 0.364. The molecular formula is C22H24F2N2O3S. The van der Waals surface area contributed by atoms with Crippen molar-refractivity contribution in [2.75, 3.05) is 6.61 Å². The Morgan fingerprint density at radius 3 is 2.53 bits per heavy atom. The van der Waals surface area contributed by atoms with Crippen LogP contribution in [0.5, 0.6) is 5.75 Å². The molecule has 0 saturated heterocycles. The predicted octanol–water partition coefficient (Wildman–Crippen LogP) is 5.11. The first-order chi connectivity index (χ1) is 14.4. The van der Waals surface area contributed by atoms with Crippen molar-refractivity contribution in [2.24, 2.45) is 0 Å². The largest absolute Gasteiger partial charge is 0.435 e. The molecule has 2 aromatic carbocycles. The highest BCUT2D eigenvalue weighted by molar-refractivity contribution is 7.98. The quantitative estimate of drug-likeness (QED) is 0.252. The zero-order chi connectivity index (χ0) is 21.5. The van der Waals surface area contributed by atoms with Crippen LogP contribution < -0.4 is 10.3 Å². The van der Waals surface area contributed by atoms with E-state index in [1.165, 1.54) is 23.9 Å². The first kappa shape index (κ1) is 22.2. The van der Waals surface area contributed by atoms with Crippen LogP contribution in [0.2, 0.25) is 0 Å². The van der Waals surface area contributed by atoms with Crippen molar-refractivity contribution in [3.05, 3.63) is 64.4 Å². The van der Waals surface area contributed by atoms with Gasteiger partial charge in [0.15, 0.2) is 5.16 Å². The maximum atomic E-state index is 13.0. The van der Waals surface area contributed by atoms with E-state index in [9.17, 15) is 13.6 Å². The number of para-hydroxylation sites is 1. The van der Waals surface area contributed by atoms with E-state index in [2.05, 4.69) is 9.72 Å². The number of nitrogens with zero attached hydrogens (tertiary/aromatic N) is 2. The number of hydrogen-bond acceptors (Lipinski definition) is 5. The summed E-state index contributed by atoms with van der Waals surface area (Å²) in [6.45, 7) is 2.17. The third kappa shape index (κ3) is 6.03. The van der Waals surface area contributed by atoms with Crippen LogP contribution in [0.1, 0.15) is 25.8 Å². The van der Waals surface area contributed by atoms with Crippen molar-refractivity contribution in [2.45, 2.75) is 50.4 Å². The molecule has 0 amide bonds. The molecule has 0 atom stereocenters. The van der Waals surface area contributed by atoms with Gasteiger partial charge in [-0.15, -0.1) is 0 Å². The molecular weight excluding hydrogens is 410 g/mol. The molecule has 0 saturated carbocycles. The molecule has 3 rings (SSSR count). The summed E-state index contributed by atoms with van der Waals surface area (Å²) < 4.78 is 36.2. The maximum absolute atomic E-state index is 13.0. The number of halogens is 2. The molecule has 0 N–H and O–H groups in total. The van der Waals surface area contributed by atoms with Crippen molar-refractivity contribution in [3.63, 3.8) is 0 Å². The van der Waals surface area contributed by atoms with Crippen LogP contribution in [-0.2, 0) is 17.0 Å². The second kappa shape index (κ2) is 10.5. The fourth-order valence-electron chi connectivity index (χ4n) is 2.91. The van der Waals surface area contributed by atoms with E-state index in [1.807, 2.05) is 32.0 Å². The lowest BCUT2D eigenvalue weighted by Gasteiger charge is -2.14. The van der Waals surface area contributed by atoms with E-state index < -0.39 is 6.61 Å². The number of alkyl halides is 2. The lowest BCUT2D eigenvalue weighted by Crippen LogP contribution is -2.24. The molecule has 0 aliphatic rings. The van der Waals surface area contributed by atoms with Gasteiger partial charge in [-0.1, -0.05) is 36.0 Å². The van der Waals surface area contributed by atoms with Gasteiger partial charge < -0.3 is 9.47 Å². The van der Waals surface area contributed by atoms with Crippen LogP contribution >= 0.6 is 11.8 Å². The van der Waals surface area contributed by atoms with Gasteiger partial charge >= 0.3 is 6.61 Å². The topological polar surface area (TPSA) is 53.4 Å². The Morgan fingerprint density at radius 1 is 1.10 bits per heavy atom. The molecule has 8 heteroatoms. The molecule has 0 unspecified atom stereocenters. The lowest BCUT2D eigenvalue weighted by molar-refractivity contribution is -0.0498. The van der Waals surface area contributed by atoms with Crippen LogP contribution in [0.25, 0.3) is 10.9 Å². The molecule has 0 aliphatic heterocycles. The number of hydrogen-bond donors (Lipinski definition) is 0. The average Bonchev–Trinajstić information content (AvgIpc) is 2.71. The van der Waals surface area contributed by atoms with Gasteiger partial charge in [-0.05, 0) is 50.1 Å². The Bertz CT molecular complexity index is 1020. The number of thioether (sulfide) groups is 1. The summed E-state index contributed by atoms with van der Waals surface area (Å²) in [4.78, 5) is 17.7. The third-order valence-electron chi connectivity index (χ3n) is 4.32. The van der Waals surface area contributed by atoms with Gasteiger partial charge in [0.2, 0.25) is 0 Å². The number of ether oxygens (including phenoxy) is 2. The van der Waals surface area contributed by atoms with Crippen LogP contribution in [0, 0.1) is 0 Å². The second-order valence-corrected chi connectivity index (χ2v) is 7.90. The SMILES string of the molecule is CC(C)OCCCn1c(SCc2ccc(OC(F)F)cc2)nc2ccccc2c1=O. The van der Waals surface area contributed by atoms with Crippen molar-refractivity contribution >= 4 is 22.7 Å². The lowest BCUT2D eigenvalue weighted by atomic mass is 10.2. The second-order valence-electron chi connectivity index (χ2n) is 6.95. The molecule has 160 valence electrons. The van der Waals surface area contributed by atoms with Gasteiger partial charge in [-0.2, -0.15) is 8.78 Å². The molecule has 1 heterocycles. The Labute approximate surface area is 178 Å². The summed E-state index contributed by atoms with van der Waals surface area (Å²) in [6.07, 6.45) is 0.841. The Morgan fingerprint density at radius 2 is 1.83 bits per heavy atom. The van der Waals surface area contributed by atoms with Crippen molar-refractivity contribution in [1.29, 1.82) is 0 Å². The van der Waals surface area contributed by atoms with Gasteiger partial charge in [0.1, 0.15) is 5.75 Å². The van der Waals surface area contributed by atoms with E-state index in [0.717, 1.165) is 5.56 Å². The summed E-state index contributed by atoms with van der Waals surface area (Å²) in [5.74, 6) is 0.659. The molecule has 0 aliphatic carbocycles. The minimum absolute atomic E-state index is 0.0756. The highest BCUT2D eigenvalue weighted by Crippen LogP contribution is 2.24. The van der Waals surface area contributed by atoms with Gasteiger partial charge in [-0.3, -0.25) is 9.36 Å². The minimum Gasteiger partial charge on any atom is -0.435 e. The summed E-state index contributed by atoms with van der Waals surface area (Å²) >= 11 is 1.44. The fourth-order valence-corrected chi connectivity index (χ4v) is 3.89. The minimum atomic E-state index is -2.85. The molecule has 0 bridgehead atoms. The number of benzene rings is 2. The molecule has 3 aromatic rings. The summed E-state index contributed by atoms with van der Waals surface area (Å²) in [7, 11) is 0. The van der Waals surface area contributed by atoms with Crippen molar-refractivity contribution in [3.8, 4) is 5.75 Å². The number of aromatic nitrogens is 2. The maximum Gasteiger partial charge on any atom is 0.387 e. The number of fused-ring (bicyclic) bond motifs is 1. The van der Waals surface area contributed by atoms with Gasteiger partial charge in [-0.25, -0.2) is 4.98 Å². The van der Waals surface area contributed by atoms with Crippen molar-refractivity contribution in [1.82, 2.24) is 9.55 Å². The predicted molar refractivity (Wildman–Crippen MR) is 114 cm³/mol.